The summed E-state index contributed by atoms with van der Waals surface area (Å²) in [5.74, 6) is -1.62. The smallest absolute Gasteiger partial charge is 0.346 e. The van der Waals surface area contributed by atoms with Crippen LogP contribution in [-0.4, -0.2) is 16.8 Å². The van der Waals surface area contributed by atoms with E-state index in [1.54, 1.807) is 42.5 Å². The first-order valence-electron chi connectivity index (χ1n) is 8.92. The number of amides is 1. The van der Waals surface area contributed by atoms with Crippen LogP contribution in [0, 0.1) is 17.0 Å². The molecule has 0 saturated heterocycles. The molecule has 0 fully saturated rings. The predicted octanol–water partition coefficient (Wildman–Crippen LogP) is 5.09. The van der Waals surface area contributed by atoms with E-state index in [1.807, 2.05) is 19.1 Å². The van der Waals surface area contributed by atoms with Crippen molar-refractivity contribution in [3.05, 3.63) is 105 Å². The Balaban J connectivity index is 1.91. The Morgan fingerprint density at radius 1 is 1.03 bits per heavy atom. The number of carbonyl (C=O) groups excluding carboxylic acids is 2. The lowest BCUT2D eigenvalue weighted by atomic mass is 10.1. The average Bonchev–Trinajstić information content (AvgIpc) is 2.73. The highest BCUT2D eigenvalue weighted by atomic mass is 35.5. The molecule has 7 nitrogen and oxygen atoms in total. The number of ether oxygens (including phenoxy) is 1. The number of nitro benzene ring substituents is 1. The fourth-order valence-corrected chi connectivity index (χ4v) is 2.92. The molecule has 0 aliphatic heterocycles. The largest absolute Gasteiger partial charge is 0.443 e. The summed E-state index contributed by atoms with van der Waals surface area (Å²) in [7, 11) is 0. The van der Waals surface area contributed by atoms with Crippen molar-refractivity contribution in [2.24, 2.45) is 0 Å². The number of anilines is 1. The van der Waals surface area contributed by atoms with Gasteiger partial charge in [0.1, 0.15) is 5.56 Å². The second-order valence-corrected chi connectivity index (χ2v) is 6.91. The van der Waals surface area contributed by atoms with Crippen LogP contribution in [0.25, 0.3) is 0 Å². The summed E-state index contributed by atoms with van der Waals surface area (Å²) in [6.45, 7) is 1.91. The van der Waals surface area contributed by atoms with Crippen LogP contribution in [0.5, 0.6) is 0 Å². The third-order valence-electron chi connectivity index (χ3n) is 4.26. The lowest BCUT2D eigenvalue weighted by Gasteiger charge is -2.18. The van der Waals surface area contributed by atoms with Crippen molar-refractivity contribution in [1.82, 2.24) is 0 Å². The number of hydrogen-bond acceptors (Lipinski definition) is 5. The van der Waals surface area contributed by atoms with Crippen molar-refractivity contribution < 1.29 is 19.2 Å². The van der Waals surface area contributed by atoms with Gasteiger partial charge in [-0.3, -0.25) is 14.9 Å². The molecule has 0 bridgehead atoms. The van der Waals surface area contributed by atoms with Gasteiger partial charge in [0.05, 0.1) is 4.92 Å². The third kappa shape index (κ3) is 5.01. The van der Waals surface area contributed by atoms with Gasteiger partial charge >= 0.3 is 5.97 Å². The number of halogens is 1. The normalized spacial score (nSPS) is 11.4. The highest BCUT2D eigenvalue weighted by molar-refractivity contribution is 6.31. The molecular formula is C22H17ClN2O5. The summed E-state index contributed by atoms with van der Waals surface area (Å²) < 4.78 is 5.41. The summed E-state index contributed by atoms with van der Waals surface area (Å²) in [5, 5.41) is 14.1. The molecule has 3 aromatic rings. The van der Waals surface area contributed by atoms with Crippen molar-refractivity contribution in [3.8, 4) is 0 Å². The van der Waals surface area contributed by atoms with Gasteiger partial charge in [-0.2, -0.15) is 0 Å². The molecule has 1 atom stereocenters. The van der Waals surface area contributed by atoms with Crippen LogP contribution >= 0.6 is 11.6 Å². The Labute approximate surface area is 177 Å². The fraction of sp³-hybridized carbons (Fsp3) is 0.0909. The van der Waals surface area contributed by atoms with E-state index in [9.17, 15) is 19.7 Å². The van der Waals surface area contributed by atoms with Gasteiger partial charge in [0.25, 0.3) is 11.6 Å². The number of esters is 1. The summed E-state index contributed by atoms with van der Waals surface area (Å²) in [6, 6.07) is 19.0. The molecule has 8 heteroatoms. The van der Waals surface area contributed by atoms with Crippen molar-refractivity contribution in [2.75, 3.05) is 5.32 Å². The molecule has 0 aliphatic rings. The lowest BCUT2D eigenvalue weighted by molar-refractivity contribution is -0.385. The minimum absolute atomic E-state index is 0.132. The highest BCUT2D eigenvalue weighted by Gasteiger charge is 2.29. The van der Waals surface area contributed by atoms with Gasteiger partial charge in [0.15, 0.2) is 0 Å². The maximum atomic E-state index is 12.9. The SMILES string of the molecule is Cc1ccc(NC(=O)C(OC(=O)c2cc(Cl)ccc2[N+](=O)[O-])c2ccccc2)cc1. The monoisotopic (exact) mass is 424 g/mol. The van der Waals surface area contributed by atoms with Crippen LogP contribution in [0.2, 0.25) is 5.02 Å². The molecule has 1 unspecified atom stereocenters. The molecule has 30 heavy (non-hydrogen) atoms. The minimum Gasteiger partial charge on any atom is -0.443 e. The van der Waals surface area contributed by atoms with Crippen LogP contribution < -0.4 is 5.32 Å². The standard InChI is InChI=1S/C22H17ClN2O5/c1-14-7-10-17(11-8-14)24-21(26)20(15-5-3-2-4-6-15)30-22(27)18-13-16(23)9-12-19(18)25(28)29/h2-13,20H,1H3,(H,24,26). The van der Waals surface area contributed by atoms with E-state index in [4.69, 9.17) is 16.3 Å². The molecule has 0 saturated carbocycles. The lowest BCUT2D eigenvalue weighted by Crippen LogP contribution is -2.26. The van der Waals surface area contributed by atoms with E-state index < -0.39 is 28.6 Å². The predicted molar refractivity (Wildman–Crippen MR) is 113 cm³/mol. The van der Waals surface area contributed by atoms with Crippen molar-refractivity contribution in [3.63, 3.8) is 0 Å². The number of nitrogens with zero attached hydrogens (tertiary/aromatic N) is 1. The van der Waals surface area contributed by atoms with E-state index in [-0.39, 0.29) is 10.6 Å². The molecule has 1 N–H and O–H groups in total. The number of hydrogen-bond donors (Lipinski definition) is 1. The number of aryl methyl sites for hydroxylation is 1. The van der Waals surface area contributed by atoms with Gasteiger partial charge in [-0.25, -0.2) is 4.79 Å². The molecule has 0 radical (unpaired) electrons. The van der Waals surface area contributed by atoms with E-state index in [2.05, 4.69) is 5.32 Å². The number of carbonyl (C=O) groups is 2. The zero-order valence-corrected chi connectivity index (χ0v) is 16.6. The van der Waals surface area contributed by atoms with Crippen LogP contribution in [-0.2, 0) is 9.53 Å². The first-order chi connectivity index (χ1) is 14.3. The summed E-state index contributed by atoms with van der Waals surface area (Å²) in [6.07, 6.45) is -1.32. The second kappa shape index (κ2) is 9.19. The van der Waals surface area contributed by atoms with E-state index in [0.29, 0.717) is 11.3 Å². The molecule has 152 valence electrons. The molecule has 0 aromatic heterocycles. The highest BCUT2D eigenvalue weighted by Crippen LogP contribution is 2.27. The average molecular weight is 425 g/mol. The number of rotatable bonds is 6. The maximum Gasteiger partial charge on any atom is 0.346 e. The molecule has 0 heterocycles. The zero-order chi connectivity index (χ0) is 21.7. The molecule has 1 amide bonds. The second-order valence-electron chi connectivity index (χ2n) is 6.47. The Morgan fingerprint density at radius 3 is 2.33 bits per heavy atom. The van der Waals surface area contributed by atoms with Crippen LogP contribution in [0.1, 0.15) is 27.6 Å². The topological polar surface area (TPSA) is 98.5 Å². The van der Waals surface area contributed by atoms with Crippen LogP contribution in [0.15, 0.2) is 72.8 Å². The Morgan fingerprint density at radius 2 is 1.70 bits per heavy atom. The van der Waals surface area contributed by atoms with E-state index >= 15 is 0 Å². The van der Waals surface area contributed by atoms with Crippen molar-refractivity contribution in [1.29, 1.82) is 0 Å². The van der Waals surface area contributed by atoms with Crippen LogP contribution in [0.3, 0.4) is 0 Å². The van der Waals surface area contributed by atoms with E-state index in [0.717, 1.165) is 17.7 Å². The number of benzene rings is 3. The maximum absolute atomic E-state index is 12.9. The Kier molecular flexibility index (Phi) is 6.44. The van der Waals surface area contributed by atoms with Gasteiger partial charge in [-0.05, 0) is 31.2 Å². The first-order valence-corrected chi connectivity index (χ1v) is 9.30. The Bertz CT molecular complexity index is 1080. The molecular weight excluding hydrogens is 408 g/mol. The summed E-state index contributed by atoms with van der Waals surface area (Å²) in [5.41, 5.74) is 1.16. The van der Waals surface area contributed by atoms with Crippen molar-refractivity contribution in [2.45, 2.75) is 13.0 Å². The molecule has 3 aromatic carbocycles. The van der Waals surface area contributed by atoms with Crippen molar-refractivity contribution >= 4 is 34.9 Å². The molecule has 0 aliphatic carbocycles. The van der Waals surface area contributed by atoms with Gasteiger partial charge in [-0.15, -0.1) is 0 Å². The number of nitrogens with one attached hydrogen (secondary N) is 1. The Hall–Kier alpha value is -3.71. The summed E-state index contributed by atoms with van der Waals surface area (Å²) in [4.78, 5) is 36.2. The minimum atomic E-state index is -1.32. The summed E-state index contributed by atoms with van der Waals surface area (Å²) >= 11 is 5.89. The molecule has 3 rings (SSSR count). The molecule has 0 spiro atoms. The first kappa shape index (κ1) is 21.0. The van der Waals surface area contributed by atoms with Gasteiger partial charge in [0, 0.05) is 22.3 Å². The quantitative estimate of drug-likeness (QED) is 0.337. The van der Waals surface area contributed by atoms with Gasteiger partial charge < -0.3 is 10.1 Å². The third-order valence-corrected chi connectivity index (χ3v) is 4.49. The van der Waals surface area contributed by atoms with Gasteiger partial charge in [-0.1, -0.05) is 59.6 Å². The fourth-order valence-electron chi connectivity index (χ4n) is 2.75. The van der Waals surface area contributed by atoms with E-state index in [1.165, 1.54) is 6.07 Å². The van der Waals surface area contributed by atoms with Gasteiger partial charge in [0.2, 0.25) is 6.10 Å². The van der Waals surface area contributed by atoms with Crippen LogP contribution in [0.4, 0.5) is 11.4 Å². The number of nitro groups is 1. The zero-order valence-electron chi connectivity index (χ0n) is 15.9.